The van der Waals surface area contributed by atoms with Crippen LogP contribution in [0, 0.1) is 0 Å². The van der Waals surface area contributed by atoms with E-state index < -0.39 is 0 Å². The van der Waals surface area contributed by atoms with Crippen molar-refractivity contribution in [3.8, 4) is 0 Å². The number of rotatable bonds is 3. The van der Waals surface area contributed by atoms with Crippen LogP contribution in [0.3, 0.4) is 0 Å². The molecule has 4 nitrogen and oxygen atoms in total. The zero-order valence-corrected chi connectivity index (χ0v) is 10.0. The number of aromatic nitrogens is 1. The van der Waals surface area contributed by atoms with Gasteiger partial charge in [0.2, 0.25) is 0 Å². The van der Waals surface area contributed by atoms with E-state index in [1.54, 1.807) is 0 Å². The predicted molar refractivity (Wildman–Crippen MR) is 66.9 cm³/mol. The molecule has 0 radical (unpaired) electrons. The van der Waals surface area contributed by atoms with Gasteiger partial charge in [0, 0.05) is 18.2 Å². The highest BCUT2D eigenvalue weighted by Crippen LogP contribution is 2.19. The van der Waals surface area contributed by atoms with Crippen LogP contribution in [0.1, 0.15) is 30.5 Å². The van der Waals surface area contributed by atoms with E-state index in [0.29, 0.717) is 19.3 Å². The van der Waals surface area contributed by atoms with Crippen molar-refractivity contribution in [2.75, 3.05) is 18.4 Å². The Morgan fingerprint density at radius 1 is 1.35 bits per heavy atom. The minimum absolute atomic E-state index is 0.593. The minimum Gasteiger partial charge on any atom is -0.370 e. The third-order valence-electron chi connectivity index (χ3n) is 3.51. The number of piperidine rings is 1. The third-order valence-corrected chi connectivity index (χ3v) is 3.51. The van der Waals surface area contributed by atoms with Crippen LogP contribution in [0.25, 0.3) is 0 Å². The highest BCUT2D eigenvalue weighted by atomic mass is 16.5. The summed E-state index contributed by atoms with van der Waals surface area (Å²) in [6, 6.07) is 4.76. The molecular weight excluding hydrogens is 214 g/mol. The van der Waals surface area contributed by atoms with Gasteiger partial charge in [-0.1, -0.05) is 12.5 Å². The van der Waals surface area contributed by atoms with Crippen molar-refractivity contribution < 1.29 is 4.74 Å². The molecule has 3 heterocycles. The van der Waals surface area contributed by atoms with E-state index in [1.807, 2.05) is 0 Å². The molecule has 2 aliphatic rings. The lowest BCUT2D eigenvalue weighted by Gasteiger charge is -2.23. The monoisotopic (exact) mass is 233 g/mol. The van der Waals surface area contributed by atoms with E-state index in [9.17, 15) is 0 Å². The number of ether oxygens (including phenoxy) is 1. The summed E-state index contributed by atoms with van der Waals surface area (Å²) in [5, 5.41) is 6.94. The molecule has 1 unspecified atom stereocenters. The Bertz CT molecular complexity index is 388. The molecule has 0 saturated carbocycles. The summed E-state index contributed by atoms with van der Waals surface area (Å²) >= 11 is 0. The van der Waals surface area contributed by atoms with Crippen LogP contribution in [0.2, 0.25) is 0 Å². The maximum absolute atomic E-state index is 5.36. The number of pyridine rings is 1. The molecule has 2 N–H and O–H groups in total. The van der Waals surface area contributed by atoms with Gasteiger partial charge in [-0.05, 0) is 25.5 Å². The Balaban J connectivity index is 1.57. The molecule has 0 spiro atoms. The highest BCUT2D eigenvalue weighted by Gasteiger charge is 2.14. The predicted octanol–water partition coefficient (Wildman–Crippen LogP) is 1.67. The van der Waals surface area contributed by atoms with Gasteiger partial charge in [-0.3, -0.25) is 0 Å². The standard InChI is InChI=1S/C13H19N3O/c1-2-6-14-11(3-1)7-15-13-5-4-10-8-17-9-12(10)16-13/h4-5,11,14H,1-3,6-9H2,(H,15,16). The summed E-state index contributed by atoms with van der Waals surface area (Å²) in [6.07, 6.45) is 3.91. The van der Waals surface area contributed by atoms with E-state index in [0.717, 1.165) is 24.6 Å². The molecule has 4 heteroatoms. The molecular formula is C13H19N3O. The van der Waals surface area contributed by atoms with E-state index in [1.165, 1.54) is 24.8 Å². The lowest BCUT2D eigenvalue weighted by atomic mass is 10.1. The summed E-state index contributed by atoms with van der Waals surface area (Å²) < 4.78 is 5.36. The fourth-order valence-corrected chi connectivity index (χ4v) is 2.47. The van der Waals surface area contributed by atoms with Crippen molar-refractivity contribution in [3.05, 3.63) is 23.4 Å². The van der Waals surface area contributed by atoms with Crippen LogP contribution < -0.4 is 10.6 Å². The molecule has 0 aliphatic carbocycles. The van der Waals surface area contributed by atoms with Gasteiger partial charge in [0.1, 0.15) is 5.82 Å². The van der Waals surface area contributed by atoms with Crippen molar-refractivity contribution in [2.45, 2.75) is 38.5 Å². The Kier molecular flexibility index (Phi) is 3.25. The van der Waals surface area contributed by atoms with Gasteiger partial charge in [0.05, 0.1) is 18.9 Å². The highest BCUT2D eigenvalue weighted by molar-refractivity contribution is 5.39. The van der Waals surface area contributed by atoms with E-state index in [4.69, 9.17) is 4.74 Å². The molecule has 0 aromatic carbocycles. The lowest BCUT2D eigenvalue weighted by Crippen LogP contribution is -2.39. The first-order valence-electron chi connectivity index (χ1n) is 6.45. The lowest BCUT2D eigenvalue weighted by molar-refractivity contribution is 0.133. The van der Waals surface area contributed by atoms with E-state index in [-0.39, 0.29) is 0 Å². The minimum atomic E-state index is 0.593. The van der Waals surface area contributed by atoms with Crippen LogP contribution in [-0.2, 0) is 18.0 Å². The first kappa shape index (κ1) is 11.0. The first-order chi connectivity index (χ1) is 8.42. The van der Waals surface area contributed by atoms with Gasteiger partial charge in [-0.2, -0.15) is 0 Å². The summed E-state index contributed by atoms with van der Waals surface area (Å²) in [7, 11) is 0. The van der Waals surface area contributed by atoms with Crippen LogP contribution >= 0.6 is 0 Å². The van der Waals surface area contributed by atoms with Crippen molar-refractivity contribution in [1.82, 2.24) is 10.3 Å². The fourth-order valence-electron chi connectivity index (χ4n) is 2.47. The fraction of sp³-hybridized carbons (Fsp3) is 0.615. The molecule has 0 bridgehead atoms. The summed E-state index contributed by atoms with van der Waals surface area (Å²) in [5.41, 5.74) is 2.32. The molecule has 92 valence electrons. The Morgan fingerprint density at radius 2 is 2.35 bits per heavy atom. The van der Waals surface area contributed by atoms with Crippen LogP contribution in [0.5, 0.6) is 0 Å². The molecule has 1 aromatic rings. The van der Waals surface area contributed by atoms with Crippen LogP contribution in [-0.4, -0.2) is 24.1 Å². The molecule has 1 atom stereocenters. The number of hydrogen-bond acceptors (Lipinski definition) is 4. The summed E-state index contributed by atoms with van der Waals surface area (Å²) in [4.78, 5) is 4.57. The van der Waals surface area contributed by atoms with Crippen molar-refractivity contribution >= 4 is 5.82 Å². The average molecular weight is 233 g/mol. The second-order valence-electron chi connectivity index (χ2n) is 4.82. The van der Waals surface area contributed by atoms with Gasteiger partial charge in [-0.25, -0.2) is 4.98 Å². The molecule has 3 rings (SSSR count). The van der Waals surface area contributed by atoms with Crippen molar-refractivity contribution in [3.63, 3.8) is 0 Å². The largest absolute Gasteiger partial charge is 0.370 e. The topological polar surface area (TPSA) is 46.2 Å². The second kappa shape index (κ2) is 5.02. The van der Waals surface area contributed by atoms with Crippen LogP contribution in [0.15, 0.2) is 12.1 Å². The quantitative estimate of drug-likeness (QED) is 0.833. The van der Waals surface area contributed by atoms with Gasteiger partial charge < -0.3 is 15.4 Å². The number of fused-ring (bicyclic) bond motifs is 1. The van der Waals surface area contributed by atoms with E-state index >= 15 is 0 Å². The Hall–Kier alpha value is -1.13. The van der Waals surface area contributed by atoms with Gasteiger partial charge in [-0.15, -0.1) is 0 Å². The maximum atomic E-state index is 5.36. The molecule has 0 amide bonds. The SMILES string of the molecule is c1cc2c(nc1NCC1CCCCN1)COC2. The number of nitrogens with one attached hydrogen (secondary N) is 2. The zero-order chi connectivity index (χ0) is 11.5. The first-order valence-corrected chi connectivity index (χ1v) is 6.45. The number of nitrogens with zero attached hydrogens (tertiary/aromatic N) is 1. The normalized spacial score (nSPS) is 23.4. The van der Waals surface area contributed by atoms with Crippen molar-refractivity contribution in [1.29, 1.82) is 0 Å². The van der Waals surface area contributed by atoms with E-state index in [2.05, 4.69) is 27.8 Å². The second-order valence-corrected chi connectivity index (χ2v) is 4.82. The molecule has 17 heavy (non-hydrogen) atoms. The molecule has 1 saturated heterocycles. The third kappa shape index (κ3) is 2.58. The molecule has 2 aliphatic heterocycles. The molecule has 1 aromatic heterocycles. The summed E-state index contributed by atoms with van der Waals surface area (Å²) in [5.74, 6) is 0.974. The maximum Gasteiger partial charge on any atom is 0.126 e. The molecule has 1 fully saturated rings. The number of hydrogen-bond donors (Lipinski definition) is 2. The van der Waals surface area contributed by atoms with Crippen molar-refractivity contribution in [2.24, 2.45) is 0 Å². The van der Waals surface area contributed by atoms with Crippen LogP contribution in [0.4, 0.5) is 5.82 Å². The smallest absolute Gasteiger partial charge is 0.126 e. The van der Waals surface area contributed by atoms with Gasteiger partial charge in [0.25, 0.3) is 0 Å². The summed E-state index contributed by atoms with van der Waals surface area (Å²) in [6.45, 7) is 3.49. The van der Waals surface area contributed by atoms with Gasteiger partial charge >= 0.3 is 0 Å². The Labute approximate surface area is 102 Å². The average Bonchev–Trinajstić information content (AvgIpc) is 2.85. The Morgan fingerprint density at radius 3 is 3.24 bits per heavy atom. The van der Waals surface area contributed by atoms with Gasteiger partial charge in [0.15, 0.2) is 0 Å². The zero-order valence-electron chi connectivity index (χ0n) is 10.0. The number of anilines is 1.